The molecule has 218 valence electrons. The lowest BCUT2D eigenvalue weighted by molar-refractivity contribution is -0.119. The number of para-hydroxylation sites is 2. The number of amides is 1. The molecule has 0 radical (unpaired) electrons. The van der Waals surface area contributed by atoms with Crippen LogP contribution >= 0.6 is 27.5 Å². The van der Waals surface area contributed by atoms with Gasteiger partial charge in [0.1, 0.15) is 18.9 Å². The number of benzene rings is 4. The van der Waals surface area contributed by atoms with Gasteiger partial charge in [-0.05, 0) is 75.6 Å². The van der Waals surface area contributed by atoms with Gasteiger partial charge < -0.3 is 14.2 Å². The molecule has 4 aromatic rings. The maximum Gasteiger partial charge on any atom is 0.264 e. The van der Waals surface area contributed by atoms with Crippen molar-refractivity contribution in [3.63, 3.8) is 0 Å². The summed E-state index contributed by atoms with van der Waals surface area (Å²) in [5, 5.41) is 4.66. The highest BCUT2D eigenvalue weighted by Gasteiger charge is 2.29. The molecule has 9 nitrogen and oxygen atoms in total. The van der Waals surface area contributed by atoms with Crippen molar-refractivity contribution in [3.05, 3.63) is 112 Å². The third-order valence-corrected chi connectivity index (χ3v) is 8.54. The number of hydrogen-bond donors (Lipinski definition) is 1. The van der Waals surface area contributed by atoms with Crippen LogP contribution in [0.2, 0.25) is 5.02 Å². The number of halogens is 2. The van der Waals surface area contributed by atoms with Gasteiger partial charge in [0.25, 0.3) is 15.9 Å². The fourth-order valence-corrected chi connectivity index (χ4v) is 6.04. The molecule has 42 heavy (non-hydrogen) atoms. The van der Waals surface area contributed by atoms with Crippen LogP contribution in [0.4, 0.5) is 5.69 Å². The van der Waals surface area contributed by atoms with Gasteiger partial charge >= 0.3 is 0 Å². The first-order valence-corrected chi connectivity index (χ1v) is 15.1. The van der Waals surface area contributed by atoms with Gasteiger partial charge in [0.2, 0.25) is 0 Å². The molecule has 4 aromatic carbocycles. The SMILES string of the molecule is COc1ccccc1N(CC(=O)N/N=C\c1cc(Br)c(OCc2ccc(Cl)cc2)c(OC)c1)S(=O)(=O)c1ccccc1. The van der Waals surface area contributed by atoms with Crippen LogP contribution in [-0.4, -0.2) is 41.3 Å². The molecule has 0 aromatic heterocycles. The van der Waals surface area contributed by atoms with Gasteiger partial charge in [0.15, 0.2) is 11.5 Å². The lowest BCUT2D eigenvalue weighted by atomic mass is 10.2. The number of anilines is 1. The first kappa shape index (κ1) is 30.9. The molecule has 0 heterocycles. The molecule has 0 saturated carbocycles. The zero-order valence-corrected chi connectivity index (χ0v) is 25.8. The summed E-state index contributed by atoms with van der Waals surface area (Å²) in [7, 11) is -1.17. The van der Waals surface area contributed by atoms with Gasteiger partial charge in [-0.2, -0.15) is 5.10 Å². The maximum atomic E-state index is 13.5. The zero-order chi connectivity index (χ0) is 30.1. The number of rotatable bonds is 12. The Balaban J connectivity index is 1.50. The predicted octanol–water partition coefficient (Wildman–Crippen LogP) is 6.04. The zero-order valence-electron chi connectivity index (χ0n) is 22.7. The van der Waals surface area contributed by atoms with E-state index in [4.69, 9.17) is 25.8 Å². The Morgan fingerprint density at radius 1 is 0.952 bits per heavy atom. The van der Waals surface area contributed by atoms with Gasteiger partial charge in [0.05, 0.1) is 35.5 Å². The van der Waals surface area contributed by atoms with E-state index in [9.17, 15) is 13.2 Å². The van der Waals surface area contributed by atoms with Crippen molar-refractivity contribution in [3.8, 4) is 17.2 Å². The number of hydrazone groups is 1. The smallest absolute Gasteiger partial charge is 0.264 e. The fraction of sp³-hybridized carbons (Fsp3) is 0.133. The molecular formula is C30H27BrClN3O6S. The fourth-order valence-electron chi connectivity index (χ4n) is 3.89. The Morgan fingerprint density at radius 2 is 1.62 bits per heavy atom. The molecule has 0 aliphatic carbocycles. The second-order valence-electron chi connectivity index (χ2n) is 8.74. The number of sulfonamides is 1. The molecule has 0 spiro atoms. The quantitative estimate of drug-likeness (QED) is 0.145. The number of carbonyl (C=O) groups is 1. The van der Waals surface area contributed by atoms with Crippen molar-refractivity contribution >= 4 is 55.4 Å². The number of carbonyl (C=O) groups excluding carboxylic acids is 1. The van der Waals surface area contributed by atoms with Crippen LogP contribution in [0.3, 0.4) is 0 Å². The summed E-state index contributed by atoms with van der Waals surface area (Å²) in [4.78, 5) is 13.0. The highest BCUT2D eigenvalue weighted by Crippen LogP contribution is 2.37. The number of nitrogens with one attached hydrogen (secondary N) is 1. The minimum Gasteiger partial charge on any atom is -0.495 e. The van der Waals surface area contributed by atoms with E-state index in [1.54, 1.807) is 66.7 Å². The van der Waals surface area contributed by atoms with Crippen molar-refractivity contribution in [1.82, 2.24) is 5.43 Å². The van der Waals surface area contributed by atoms with Gasteiger partial charge in [0, 0.05) is 5.02 Å². The molecule has 12 heteroatoms. The summed E-state index contributed by atoms with van der Waals surface area (Å²) >= 11 is 9.45. The van der Waals surface area contributed by atoms with Crippen molar-refractivity contribution < 1.29 is 27.4 Å². The number of methoxy groups -OCH3 is 2. The van der Waals surface area contributed by atoms with Crippen molar-refractivity contribution in [2.75, 3.05) is 25.1 Å². The van der Waals surface area contributed by atoms with Crippen molar-refractivity contribution in [2.45, 2.75) is 11.5 Å². The van der Waals surface area contributed by atoms with Crippen LogP contribution in [0.25, 0.3) is 0 Å². The lowest BCUT2D eigenvalue weighted by Gasteiger charge is -2.25. The Morgan fingerprint density at radius 3 is 2.31 bits per heavy atom. The molecule has 0 aliphatic rings. The molecular weight excluding hydrogens is 646 g/mol. The highest BCUT2D eigenvalue weighted by molar-refractivity contribution is 9.10. The monoisotopic (exact) mass is 671 g/mol. The standard InChI is InChI=1S/C30H27BrClN3O6S/c1-39-27-11-7-6-10-26(27)35(42(37,38)24-8-4-3-5-9-24)19-29(36)34-33-18-22-16-25(31)30(28(17-22)40-2)41-20-21-12-14-23(32)15-13-21/h3-18H,19-20H2,1-2H3,(H,34,36)/b33-18-. The summed E-state index contributed by atoms with van der Waals surface area (Å²) in [6.45, 7) is -0.246. The van der Waals surface area contributed by atoms with Crippen LogP contribution in [0.5, 0.6) is 17.2 Å². The van der Waals surface area contributed by atoms with E-state index in [1.807, 2.05) is 12.1 Å². The van der Waals surface area contributed by atoms with E-state index in [0.29, 0.717) is 38.9 Å². The van der Waals surface area contributed by atoms with E-state index in [1.165, 1.54) is 32.6 Å². The van der Waals surface area contributed by atoms with E-state index in [2.05, 4.69) is 26.5 Å². The topological polar surface area (TPSA) is 107 Å². The van der Waals surface area contributed by atoms with Gasteiger partial charge in [-0.15, -0.1) is 0 Å². The van der Waals surface area contributed by atoms with Crippen molar-refractivity contribution in [2.24, 2.45) is 5.10 Å². The van der Waals surface area contributed by atoms with E-state index in [-0.39, 0.29) is 10.6 Å². The van der Waals surface area contributed by atoms with Crippen LogP contribution in [-0.2, 0) is 21.4 Å². The first-order chi connectivity index (χ1) is 20.2. The molecule has 0 aliphatic heterocycles. The lowest BCUT2D eigenvalue weighted by Crippen LogP contribution is -2.39. The number of nitrogens with zero attached hydrogens (tertiary/aromatic N) is 2. The van der Waals surface area contributed by atoms with E-state index >= 15 is 0 Å². The second-order valence-corrected chi connectivity index (χ2v) is 11.9. The average molecular weight is 673 g/mol. The molecule has 0 atom stereocenters. The Labute approximate surface area is 257 Å². The number of ether oxygens (including phenoxy) is 3. The summed E-state index contributed by atoms with van der Waals surface area (Å²) < 4.78 is 45.5. The third-order valence-electron chi connectivity index (χ3n) is 5.92. The molecule has 1 N–H and O–H groups in total. The predicted molar refractivity (Wildman–Crippen MR) is 166 cm³/mol. The molecule has 0 fully saturated rings. The molecule has 1 amide bonds. The van der Waals surface area contributed by atoms with Crippen molar-refractivity contribution in [1.29, 1.82) is 0 Å². The second kappa shape index (κ2) is 14.2. The molecule has 0 unspecified atom stereocenters. The van der Waals surface area contributed by atoms with Gasteiger partial charge in [-0.3, -0.25) is 9.10 Å². The summed E-state index contributed by atoms with van der Waals surface area (Å²) in [6.07, 6.45) is 1.41. The van der Waals surface area contributed by atoms with Crippen LogP contribution in [0.1, 0.15) is 11.1 Å². The first-order valence-electron chi connectivity index (χ1n) is 12.5. The molecule has 0 bridgehead atoms. The summed E-state index contributed by atoms with van der Waals surface area (Å²) in [5.41, 5.74) is 4.14. The summed E-state index contributed by atoms with van der Waals surface area (Å²) in [6, 6.07) is 25.1. The third kappa shape index (κ3) is 7.61. The Kier molecular flexibility index (Phi) is 10.5. The van der Waals surface area contributed by atoms with Crippen LogP contribution in [0, 0.1) is 0 Å². The maximum absolute atomic E-state index is 13.5. The van der Waals surface area contributed by atoms with Gasteiger partial charge in [-0.1, -0.05) is 54.1 Å². The Bertz CT molecular complexity index is 1670. The molecule has 4 rings (SSSR count). The normalized spacial score (nSPS) is 11.2. The van der Waals surface area contributed by atoms with Crippen LogP contribution in [0.15, 0.2) is 105 Å². The largest absolute Gasteiger partial charge is 0.495 e. The summed E-state index contributed by atoms with van der Waals surface area (Å²) in [5.74, 6) is 0.573. The molecule has 0 saturated heterocycles. The van der Waals surface area contributed by atoms with Crippen LogP contribution < -0.4 is 23.9 Å². The minimum absolute atomic E-state index is 0.0301. The minimum atomic E-state index is -4.11. The highest BCUT2D eigenvalue weighted by atomic mass is 79.9. The number of hydrogen-bond acceptors (Lipinski definition) is 7. The van der Waals surface area contributed by atoms with E-state index in [0.717, 1.165) is 9.87 Å². The van der Waals surface area contributed by atoms with E-state index < -0.39 is 22.5 Å². The average Bonchev–Trinajstić information content (AvgIpc) is 3.00. The van der Waals surface area contributed by atoms with Gasteiger partial charge in [-0.25, -0.2) is 13.8 Å². The Hall–Kier alpha value is -4.06.